The van der Waals surface area contributed by atoms with E-state index in [0.29, 0.717) is 17.6 Å². The standard InChI is InChI=1S/C49H66O10P2/c1-10-14-17-36-21-34(29-50)23-42-43-24-35(30-51)22-37(18-15-11-2)47(43)57-60(56-46(36)42)54-32(6)20-33(7)55-61-58-48-38(19-16-12-3)25-39(52-8)27-44(48)45-28-40(53-9)26-41(31(5)13-4)49(45)59-61/h21-28,31-33,50-51H,10-20,29-30H2,1-9H3/t31?,32-,33-,61?/m1/s1. The van der Waals surface area contributed by atoms with Gasteiger partial charge in [-0.2, -0.15) is 0 Å². The molecular formula is C49H66O10P2. The van der Waals surface area contributed by atoms with Gasteiger partial charge in [0, 0.05) is 33.5 Å². The van der Waals surface area contributed by atoms with Gasteiger partial charge in [-0.3, -0.25) is 9.05 Å². The summed E-state index contributed by atoms with van der Waals surface area (Å²) in [5.74, 6) is 1.69. The molecule has 0 fully saturated rings. The Morgan fingerprint density at radius 1 is 0.525 bits per heavy atom. The van der Waals surface area contributed by atoms with Gasteiger partial charge in [0.05, 0.1) is 39.6 Å². The average Bonchev–Trinajstić information content (AvgIpc) is 3.52. The fourth-order valence-corrected chi connectivity index (χ4v) is 10.4. The monoisotopic (exact) mass is 876 g/mol. The van der Waals surface area contributed by atoms with Crippen LogP contribution in [0, 0.1) is 0 Å². The lowest BCUT2D eigenvalue weighted by molar-refractivity contribution is 0.184. The molecule has 0 amide bonds. The van der Waals surface area contributed by atoms with Gasteiger partial charge in [0.2, 0.25) is 0 Å². The Balaban J connectivity index is 1.44. The lowest BCUT2D eigenvalue weighted by Crippen LogP contribution is -2.21. The largest absolute Gasteiger partial charge is 0.497 e. The first-order valence-corrected chi connectivity index (χ1v) is 24.4. The van der Waals surface area contributed by atoms with Crippen molar-refractivity contribution < 1.29 is 45.5 Å². The van der Waals surface area contributed by atoms with E-state index in [2.05, 4.69) is 46.8 Å². The molecule has 0 aliphatic rings. The summed E-state index contributed by atoms with van der Waals surface area (Å²) in [7, 11) is -0.442. The number of hydrogen-bond acceptors (Lipinski definition) is 10. The van der Waals surface area contributed by atoms with Gasteiger partial charge in [-0.1, -0.05) is 53.9 Å². The van der Waals surface area contributed by atoms with Crippen LogP contribution in [0.5, 0.6) is 11.5 Å². The smallest absolute Gasteiger partial charge is 0.387 e. The highest BCUT2D eigenvalue weighted by atomic mass is 31.1. The number of hydrogen-bond donors (Lipinski definition) is 2. The van der Waals surface area contributed by atoms with Crippen LogP contribution in [0.25, 0.3) is 43.9 Å². The molecular weight excluding hydrogens is 810 g/mol. The highest BCUT2D eigenvalue weighted by Gasteiger charge is 2.23. The van der Waals surface area contributed by atoms with Crippen molar-refractivity contribution in [1.82, 2.24) is 0 Å². The summed E-state index contributed by atoms with van der Waals surface area (Å²) in [6, 6.07) is 16.2. The van der Waals surface area contributed by atoms with Crippen LogP contribution >= 0.6 is 16.5 Å². The van der Waals surface area contributed by atoms with Crippen molar-refractivity contribution >= 4 is 60.4 Å². The molecule has 0 spiro atoms. The van der Waals surface area contributed by atoms with Crippen molar-refractivity contribution in [2.24, 2.45) is 0 Å². The Bertz CT molecular complexity index is 2410. The Labute approximate surface area is 362 Å². The molecule has 61 heavy (non-hydrogen) atoms. The number of aryl methyl sites for hydroxylation is 3. The first-order chi connectivity index (χ1) is 29.6. The van der Waals surface area contributed by atoms with E-state index in [1.54, 1.807) is 14.2 Å². The molecule has 6 rings (SSSR count). The minimum absolute atomic E-state index is 0.0975. The highest BCUT2D eigenvalue weighted by Crippen LogP contribution is 2.44. The molecule has 0 saturated carbocycles. The maximum Gasteiger partial charge on any atom is 0.387 e. The minimum atomic E-state index is -1.92. The molecule has 332 valence electrons. The summed E-state index contributed by atoms with van der Waals surface area (Å²) in [4.78, 5) is 0. The topological polar surface area (TPSA) is 130 Å². The molecule has 2 heterocycles. The zero-order valence-electron chi connectivity index (χ0n) is 37.6. The van der Waals surface area contributed by atoms with Gasteiger partial charge in [-0.15, -0.1) is 0 Å². The van der Waals surface area contributed by atoms with Crippen LogP contribution in [0.15, 0.2) is 65.3 Å². The van der Waals surface area contributed by atoms with Crippen LogP contribution in [-0.4, -0.2) is 36.6 Å². The van der Waals surface area contributed by atoms with Crippen molar-refractivity contribution in [3.63, 3.8) is 0 Å². The molecule has 0 aliphatic carbocycles. The highest BCUT2D eigenvalue weighted by molar-refractivity contribution is 7.32. The summed E-state index contributed by atoms with van der Waals surface area (Å²) in [5, 5.41) is 24.1. The van der Waals surface area contributed by atoms with E-state index in [0.717, 1.165) is 142 Å². The fraction of sp³-hybridized carbons (Fsp3) is 0.510. The number of aliphatic hydroxyl groups is 2. The molecule has 0 saturated heterocycles. The van der Waals surface area contributed by atoms with Crippen molar-refractivity contribution in [2.45, 2.75) is 150 Å². The first kappa shape index (κ1) is 46.6. The summed E-state index contributed by atoms with van der Waals surface area (Å²) in [6.07, 6.45) is 9.07. The van der Waals surface area contributed by atoms with Crippen LogP contribution in [0.4, 0.5) is 0 Å². The third-order valence-electron chi connectivity index (χ3n) is 11.5. The molecule has 6 aromatic rings. The molecule has 4 atom stereocenters. The molecule has 2 unspecified atom stereocenters. The van der Waals surface area contributed by atoms with E-state index in [4.69, 9.17) is 35.3 Å². The van der Waals surface area contributed by atoms with E-state index < -0.39 is 16.5 Å². The van der Waals surface area contributed by atoms with Gasteiger partial charge in [0.25, 0.3) is 0 Å². The van der Waals surface area contributed by atoms with Gasteiger partial charge in [-0.25, -0.2) is 0 Å². The second-order valence-electron chi connectivity index (χ2n) is 16.3. The van der Waals surface area contributed by atoms with E-state index in [1.807, 2.05) is 50.2 Å². The van der Waals surface area contributed by atoms with Crippen LogP contribution in [-0.2, 0) is 32.5 Å². The SMILES string of the molecule is CCCCc1cc(CO)cc2c1op(O[C@H](C)C[C@@H](C)Op1oc3c(CCCC)cc(OC)cc3c3cc(OC)cc(C(C)CC)c3o1)oc1c(CCCC)cc(CO)cc12. The number of ether oxygens (including phenoxy) is 2. The number of methoxy groups -OCH3 is 2. The summed E-state index contributed by atoms with van der Waals surface area (Å²) in [6.45, 7) is 14.7. The molecule has 0 radical (unpaired) electrons. The zero-order valence-corrected chi connectivity index (χ0v) is 39.4. The number of rotatable bonds is 21. The Morgan fingerprint density at radius 2 is 0.918 bits per heavy atom. The fourth-order valence-electron chi connectivity index (χ4n) is 7.95. The number of unbranched alkanes of at least 4 members (excludes halogenated alkanes) is 3. The summed E-state index contributed by atoms with van der Waals surface area (Å²) < 4.78 is 52.4. The average molecular weight is 877 g/mol. The molecule has 0 aliphatic heterocycles. The predicted octanol–water partition coefficient (Wildman–Crippen LogP) is 14.2. The quantitative estimate of drug-likeness (QED) is 0.0721. The second kappa shape index (κ2) is 22.0. The predicted molar refractivity (Wildman–Crippen MR) is 249 cm³/mol. The molecule has 12 heteroatoms. The van der Waals surface area contributed by atoms with Crippen LogP contribution in [0.1, 0.15) is 139 Å². The maximum absolute atomic E-state index is 10.3. The third-order valence-corrected chi connectivity index (χ3v) is 13.9. The van der Waals surface area contributed by atoms with E-state index in [9.17, 15) is 10.2 Å². The van der Waals surface area contributed by atoms with Crippen molar-refractivity contribution in [3.8, 4) is 11.5 Å². The maximum atomic E-state index is 10.3. The van der Waals surface area contributed by atoms with Crippen molar-refractivity contribution in [2.75, 3.05) is 14.2 Å². The molecule has 4 aromatic carbocycles. The lowest BCUT2D eigenvalue weighted by Gasteiger charge is -2.16. The van der Waals surface area contributed by atoms with Crippen molar-refractivity contribution in [3.05, 3.63) is 81.9 Å². The van der Waals surface area contributed by atoms with Crippen LogP contribution < -0.4 is 18.5 Å². The van der Waals surface area contributed by atoms with Crippen LogP contribution in [0.3, 0.4) is 0 Å². The Kier molecular flexibility index (Phi) is 16.8. The Hall–Kier alpha value is -3.88. The first-order valence-electron chi connectivity index (χ1n) is 22.2. The van der Waals surface area contributed by atoms with Gasteiger partial charge in [0.1, 0.15) is 33.8 Å². The molecule has 2 N–H and O–H groups in total. The number of benzene rings is 4. The van der Waals surface area contributed by atoms with Gasteiger partial charge in [0.15, 0.2) is 0 Å². The van der Waals surface area contributed by atoms with E-state index in [1.165, 1.54) is 0 Å². The van der Waals surface area contributed by atoms with Gasteiger partial charge in [-0.05, 0) is 141 Å². The summed E-state index contributed by atoms with van der Waals surface area (Å²) in [5.41, 5.74) is 8.57. The summed E-state index contributed by atoms with van der Waals surface area (Å²) >= 11 is 0. The van der Waals surface area contributed by atoms with Gasteiger partial charge >= 0.3 is 16.5 Å². The minimum Gasteiger partial charge on any atom is -0.497 e. The van der Waals surface area contributed by atoms with Gasteiger partial charge < -0.3 is 36.5 Å². The number of aliphatic hydroxyl groups excluding tert-OH is 2. The van der Waals surface area contributed by atoms with E-state index in [-0.39, 0.29) is 31.3 Å². The number of fused-ring (bicyclic) bond motifs is 6. The van der Waals surface area contributed by atoms with Crippen molar-refractivity contribution in [1.29, 1.82) is 0 Å². The lowest BCUT2D eigenvalue weighted by atomic mass is 9.94. The second-order valence-corrected chi connectivity index (χ2v) is 18.4. The normalized spacial score (nSPS) is 13.6. The van der Waals surface area contributed by atoms with Crippen LogP contribution in [0.2, 0.25) is 0 Å². The molecule has 10 nitrogen and oxygen atoms in total. The molecule has 2 aromatic heterocycles. The molecule has 0 bridgehead atoms. The third kappa shape index (κ3) is 11.0. The van der Waals surface area contributed by atoms with E-state index >= 15 is 0 Å². The Morgan fingerprint density at radius 3 is 1.33 bits per heavy atom. The zero-order chi connectivity index (χ0) is 43.6.